The first-order valence-corrected chi connectivity index (χ1v) is 4.10. The van der Waals surface area contributed by atoms with Crippen molar-refractivity contribution in [2.75, 3.05) is 18.9 Å². The Balaban J connectivity index is 2.67. The van der Waals surface area contributed by atoms with Crippen molar-refractivity contribution in [3.8, 4) is 0 Å². The summed E-state index contributed by atoms with van der Waals surface area (Å²) in [6.07, 6.45) is 1.72. The molecule has 5 nitrogen and oxygen atoms in total. The third-order valence-corrected chi connectivity index (χ3v) is 1.97. The SMILES string of the molecule is CC(CO)(CO)Cn1ccc(N)n1. The van der Waals surface area contributed by atoms with Gasteiger partial charge in [-0.3, -0.25) is 4.68 Å². The molecular weight excluding hydrogens is 170 g/mol. The molecule has 0 saturated carbocycles. The first-order valence-electron chi connectivity index (χ1n) is 4.10. The first-order chi connectivity index (χ1) is 6.09. The number of rotatable bonds is 4. The number of aliphatic hydroxyl groups excluding tert-OH is 2. The largest absolute Gasteiger partial charge is 0.396 e. The van der Waals surface area contributed by atoms with Crippen molar-refractivity contribution in [2.45, 2.75) is 13.5 Å². The Morgan fingerprint density at radius 2 is 2.15 bits per heavy atom. The summed E-state index contributed by atoms with van der Waals surface area (Å²) < 4.78 is 1.61. The summed E-state index contributed by atoms with van der Waals surface area (Å²) in [6.45, 7) is 2.08. The summed E-state index contributed by atoms with van der Waals surface area (Å²) in [5.41, 5.74) is 4.88. The number of nitrogen functional groups attached to an aromatic ring is 1. The van der Waals surface area contributed by atoms with E-state index in [9.17, 15) is 0 Å². The first kappa shape index (κ1) is 10.0. The Labute approximate surface area is 76.8 Å². The van der Waals surface area contributed by atoms with Gasteiger partial charge in [-0.2, -0.15) is 5.10 Å². The van der Waals surface area contributed by atoms with Gasteiger partial charge >= 0.3 is 0 Å². The van der Waals surface area contributed by atoms with E-state index in [-0.39, 0.29) is 13.2 Å². The van der Waals surface area contributed by atoms with Crippen LogP contribution in [0.1, 0.15) is 6.92 Å². The standard InChI is InChI=1S/C8H15N3O2/c1-8(5-12,6-13)4-11-3-2-7(9)10-11/h2-3,12-13H,4-6H2,1H3,(H2,9,10). The highest BCUT2D eigenvalue weighted by Gasteiger charge is 2.23. The van der Waals surface area contributed by atoms with Gasteiger partial charge in [-0.15, -0.1) is 0 Å². The Bertz CT molecular complexity index is 268. The smallest absolute Gasteiger partial charge is 0.145 e. The highest BCUT2D eigenvalue weighted by atomic mass is 16.3. The summed E-state index contributed by atoms with van der Waals surface area (Å²) >= 11 is 0. The van der Waals surface area contributed by atoms with Gasteiger partial charge in [-0.25, -0.2) is 0 Å². The highest BCUT2D eigenvalue weighted by Crippen LogP contribution is 2.16. The summed E-state index contributed by atoms with van der Waals surface area (Å²) in [7, 11) is 0. The zero-order valence-electron chi connectivity index (χ0n) is 7.64. The predicted octanol–water partition coefficient (Wildman–Crippen LogP) is -0.544. The van der Waals surface area contributed by atoms with Crippen LogP contribution in [0.25, 0.3) is 0 Å². The van der Waals surface area contributed by atoms with E-state index in [4.69, 9.17) is 15.9 Å². The molecule has 0 bridgehead atoms. The fourth-order valence-electron chi connectivity index (χ4n) is 1.01. The molecule has 1 aromatic heterocycles. The number of aromatic nitrogens is 2. The van der Waals surface area contributed by atoms with Crippen LogP contribution in [0.4, 0.5) is 5.82 Å². The molecule has 74 valence electrons. The van der Waals surface area contributed by atoms with Gasteiger partial charge in [0.2, 0.25) is 0 Å². The van der Waals surface area contributed by atoms with Crippen LogP contribution in [-0.2, 0) is 6.54 Å². The maximum absolute atomic E-state index is 9.02. The minimum absolute atomic E-state index is 0.0801. The Morgan fingerprint density at radius 1 is 1.54 bits per heavy atom. The fourth-order valence-corrected chi connectivity index (χ4v) is 1.01. The lowest BCUT2D eigenvalue weighted by Crippen LogP contribution is -2.31. The molecule has 0 aliphatic rings. The van der Waals surface area contributed by atoms with Crippen LogP contribution in [-0.4, -0.2) is 33.2 Å². The molecule has 13 heavy (non-hydrogen) atoms. The molecule has 0 saturated heterocycles. The molecule has 1 heterocycles. The van der Waals surface area contributed by atoms with E-state index in [1.807, 2.05) is 0 Å². The lowest BCUT2D eigenvalue weighted by molar-refractivity contribution is 0.0525. The normalized spacial score (nSPS) is 11.9. The third-order valence-electron chi connectivity index (χ3n) is 1.97. The molecule has 0 unspecified atom stereocenters. The van der Waals surface area contributed by atoms with Crippen molar-refractivity contribution in [3.05, 3.63) is 12.3 Å². The Kier molecular flexibility index (Phi) is 2.90. The Morgan fingerprint density at radius 3 is 2.54 bits per heavy atom. The monoisotopic (exact) mass is 185 g/mol. The fraction of sp³-hybridized carbons (Fsp3) is 0.625. The number of nitrogens with zero attached hydrogens (tertiary/aromatic N) is 2. The number of aliphatic hydroxyl groups is 2. The maximum Gasteiger partial charge on any atom is 0.145 e. The van der Waals surface area contributed by atoms with Crippen LogP contribution in [0.15, 0.2) is 12.3 Å². The van der Waals surface area contributed by atoms with Crippen molar-refractivity contribution in [1.29, 1.82) is 0 Å². The van der Waals surface area contributed by atoms with Crippen molar-refractivity contribution in [3.63, 3.8) is 0 Å². The van der Waals surface area contributed by atoms with E-state index < -0.39 is 5.41 Å². The quantitative estimate of drug-likeness (QED) is 0.588. The molecule has 0 fully saturated rings. The lowest BCUT2D eigenvalue weighted by Gasteiger charge is -2.24. The second-order valence-electron chi connectivity index (χ2n) is 3.57. The lowest BCUT2D eigenvalue weighted by atomic mass is 9.93. The topological polar surface area (TPSA) is 84.3 Å². The van der Waals surface area contributed by atoms with E-state index in [1.54, 1.807) is 23.9 Å². The van der Waals surface area contributed by atoms with E-state index in [0.717, 1.165) is 0 Å². The van der Waals surface area contributed by atoms with Crippen molar-refractivity contribution in [1.82, 2.24) is 9.78 Å². The molecule has 0 amide bonds. The van der Waals surface area contributed by atoms with E-state index in [2.05, 4.69) is 5.10 Å². The van der Waals surface area contributed by atoms with Gasteiger partial charge < -0.3 is 15.9 Å². The van der Waals surface area contributed by atoms with Crippen LogP contribution in [0.2, 0.25) is 0 Å². The number of hydrogen-bond acceptors (Lipinski definition) is 4. The van der Waals surface area contributed by atoms with Crippen molar-refractivity contribution >= 4 is 5.82 Å². The average Bonchev–Trinajstić information content (AvgIpc) is 2.51. The van der Waals surface area contributed by atoms with Gasteiger partial charge in [-0.1, -0.05) is 6.92 Å². The van der Waals surface area contributed by atoms with E-state index in [0.29, 0.717) is 12.4 Å². The van der Waals surface area contributed by atoms with Crippen molar-refractivity contribution in [2.24, 2.45) is 5.41 Å². The summed E-state index contributed by atoms with van der Waals surface area (Å²) in [5, 5.41) is 22.0. The van der Waals surface area contributed by atoms with Crippen LogP contribution in [0, 0.1) is 5.41 Å². The predicted molar refractivity (Wildman–Crippen MR) is 48.9 cm³/mol. The van der Waals surface area contributed by atoms with Gasteiger partial charge in [0.25, 0.3) is 0 Å². The molecule has 0 radical (unpaired) electrons. The molecule has 0 aliphatic carbocycles. The van der Waals surface area contributed by atoms with Crippen LogP contribution < -0.4 is 5.73 Å². The Hall–Kier alpha value is -1.07. The molecule has 0 spiro atoms. The average molecular weight is 185 g/mol. The maximum atomic E-state index is 9.02. The van der Waals surface area contributed by atoms with E-state index in [1.165, 1.54) is 0 Å². The van der Waals surface area contributed by atoms with Gasteiger partial charge in [0.1, 0.15) is 5.82 Å². The number of nitrogens with two attached hydrogens (primary N) is 1. The molecule has 1 aromatic rings. The molecule has 0 aromatic carbocycles. The van der Waals surface area contributed by atoms with Gasteiger partial charge in [0, 0.05) is 11.6 Å². The van der Waals surface area contributed by atoms with Gasteiger partial charge in [0.15, 0.2) is 0 Å². The van der Waals surface area contributed by atoms with Gasteiger partial charge in [-0.05, 0) is 6.07 Å². The molecule has 5 heteroatoms. The molecule has 4 N–H and O–H groups in total. The van der Waals surface area contributed by atoms with Gasteiger partial charge in [0.05, 0.1) is 19.8 Å². The van der Waals surface area contributed by atoms with Crippen molar-refractivity contribution < 1.29 is 10.2 Å². The highest BCUT2D eigenvalue weighted by molar-refractivity contribution is 5.23. The van der Waals surface area contributed by atoms with Crippen LogP contribution in [0.5, 0.6) is 0 Å². The van der Waals surface area contributed by atoms with Crippen LogP contribution >= 0.6 is 0 Å². The summed E-state index contributed by atoms with van der Waals surface area (Å²) in [4.78, 5) is 0. The summed E-state index contributed by atoms with van der Waals surface area (Å²) in [5.74, 6) is 0.443. The molecule has 0 aliphatic heterocycles. The molecule has 0 atom stereocenters. The number of hydrogen-bond donors (Lipinski definition) is 3. The second-order valence-corrected chi connectivity index (χ2v) is 3.57. The number of anilines is 1. The van der Waals surface area contributed by atoms with Crippen LogP contribution in [0.3, 0.4) is 0 Å². The minimum atomic E-state index is -0.543. The zero-order valence-corrected chi connectivity index (χ0v) is 7.64. The summed E-state index contributed by atoms with van der Waals surface area (Å²) in [6, 6.07) is 1.68. The van der Waals surface area contributed by atoms with E-state index >= 15 is 0 Å². The molecular formula is C8H15N3O2. The minimum Gasteiger partial charge on any atom is -0.396 e. The zero-order chi connectivity index (χ0) is 9.90. The third kappa shape index (κ3) is 2.43. The second kappa shape index (κ2) is 3.76. The molecule has 1 rings (SSSR count).